The van der Waals surface area contributed by atoms with Crippen LogP contribution in [0.4, 0.5) is 5.82 Å². The highest BCUT2D eigenvalue weighted by Crippen LogP contribution is 2.40. The van der Waals surface area contributed by atoms with Gasteiger partial charge >= 0.3 is 0 Å². The van der Waals surface area contributed by atoms with Crippen molar-refractivity contribution in [2.24, 2.45) is 5.92 Å². The van der Waals surface area contributed by atoms with E-state index in [0.717, 1.165) is 49.9 Å². The SMILES string of the molecule is CCCc1cc(=O)[nH]c(-n2nc(C3CC3)cc2NC(=O)CC2CCCC2)n1. The first-order valence-electron chi connectivity index (χ1n) is 10.1. The molecule has 2 aliphatic rings. The summed E-state index contributed by atoms with van der Waals surface area (Å²) in [6, 6.07) is 3.45. The Morgan fingerprint density at radius 3 is 2.74 bits per heavy atom. The van der Waals surface area contributed by atoms with Crippen LogP contribution in [0, 0.1) is 5.92 Å². The van der Waals surface area contributed by atoms with Crippen LogP contribution in [0.2, 0.25) is 0 Å². The molecule has 2 aromatic rings. The van der Waals surface area contributed by atoms with Crippen molar-refractivity contribution in [3.8, 4) is 5.95 Å². The Morgan fingerprint density at radius 2 is 2.04 bits per heavy atom. The molecule has 144 valence electrons. The Bertz CT molecular complexity index is 875. The van der Waals surface area contributed by atoms with Crippen molar-refractivity contribution in [3.05, 3.63) is 33.9 Å². The van der Waals surface area contributed by atoms with Crippen molar-refractivity contribution in [1.82, 2.24) is 19.7 Å². The fraction of sp³-hybridized carbons (Fsp3) is 0.600. The third-order valence-corrected chi connectivity index (χ3v) is 5.43. The van der Waals surface area contributed by atoms with Crippen molar-refractivity contribution in [2.75, 3.05) is 5.32 Å². The second-order valence-corrected chi connectivity index (χ2v) is 7.85. The van der Waals surface area contributed by atoms with E-state index in [-0.39, 0.29) is 11.5 Å². The Morgan fingerprint density at radius 1 is 1.26 bits per heavy atom. The van der Waals surface area contributed by atoms with Crippen molar-refractivity contribution < 1.29 is 4.79 Å². The molecule has 0 unspecified atom stereocenters. The van der Waals surface area contributed by atoms with Crippen molar-refractivity contribution >= 4 is 11.7 Å². The number of carbonyl (C=O) groups excluding carboxylic acids is 1. The number of nitrogens with one attached hydrogen (secondary N) is 2. The number of anilines is 1. The normalized spacial score (nSPS) is 17.4. The molecular weight excluding hydrogens is 342 g/mol. The molecule has 4 rings (SSSR count). The molecular formula is C20H27N5O2. The van der Waals surface area contributed by atoms with Gasteiger partial charge in [0.1, 0.15) is 5.82 Å². The number of carbonyl (C=O) groups is 1. The van der Waals surface area contributed by atoms with Crippen LogP contribution in [0.5, 0.6) is 0 Å². The van der Waals surface area contributed by atoms with E-state index >= 15 is 0 Å². The van der Waals surface area contributed by atoms with Crippen LogP contribution in [0.25, 0.3) is 5.95 Å². The first kappa shape index (κ1) is 17.9. The van der Waals surface area contributed by atoms with E-state index in [1.807, 2.05) is 6.07 Å². The summed E-state index contributed by atoms with van der Waals surface area (Å²) in [7, 11) is 0. The minimum atomic E-state index is -0.199. The molecule has 0 spiro atoms. The summed E-state index contributed by atoms with van der Waals surface area (Å²) in [4.78, 5) is 31.9. The van der Waals surface area contributed by atoms with Crippen molar-refractivity contribution in [3.63, 3.8) is 0 Å². The zero-order chi connectivity index (χ0) is 18.8. The lowest BCUT2D eigenvalue weighted by atomic mass is 10.0. The van der Waals surface area contributed by atoms with Gasteiger partial charge in [0.05, 0.1) is 5.69 Å². The number of rotatable bonds is 7. The van der Waals surface area contributed by atoms with Gasteiger partial charge in [-0.3, -0.25) is 14.6 Å². The maximum atomic E-state index is 12.5. The Balaban J connectivity index is 1.61. The molecule has 0 aliphatic heterocycles. The lowest BCUT2D eigenvalue weighted by Crippen LogP contribution is -2.20. The molecule has 2 heterocycles. The van der Waals surface area contributed by atoms with Crippen LogP contribution in [-0.2, 0) is 11.2 Å². The van der Waals surface area contributed by atoms with Gasteiger partial charge in [-0.2, -0.15) is 9.78 Å². The lowest BCUT2D eigenvalue weighted by Gasteiger charge is -2.11. The maximum absolute atomic E-state index is 12.5. The van der Waals surface area contributed by atoms with Crippen molar-refractivity contribution in [2.45, 2.75) is 70.6 Å². The minimum Gasteiger partial charge on any atom is -0.310 e. The molecule has 7 heteroatoms. The zero-order valence-electron chi connectivity index (χ0n) is 15.8. The van der Waals surface area contributed by atoms with E-state index in [1.165, 1.54) is 18.9 Å². The predicted octanol–water partition coefficient (Wildman–Crippen LogP) is 3.30. The third kappa shape index (κ3) is 4.28. The van der Waals surface area contributed by atoms with Crippen LogP contribution in [0.1, 0.15) is 75.6 Å². The van der Waals surface area contributed by atoms with Gasteiger partial charge in [-0.05, 0) is 38.0 Å². The number of hydrogen-bond donors (Lipinski definition) is 2. The van der Waals surface area contributed by atoms with E-state index in [4.69, 9.17) is 0 Å². The summed E-state index contributed by atoms with van der Waals surface area (Å²) in [6.07, 6.45) is 9.13. The van der Waals surface area contributed by atoms with Gasteiger partial charge in [-0.25, -0.2) is 4.98 Å². The number of aromatic nitrogens is 4. The zero-order valence-corrected chi connectivity index (χ0v) is 15.8. The molecule has 0 atom stereocenters. The topological polar surface area (TPSA) is 92.7 Å². The van der Waals surface area contributed by atoms with Gasteiger partial charge in [0.2, 0.25) is 11.9 Å². The molecule has 27 heavy (non-hydrogen) atoms. The molecule has 2 aliphatic carbocycles. The van der Waals surface area contributed by atoms with Gasteiger partial charge < -0.3 is 5.32 Å². The summed E-state index contributed by atoms with van der Waals surface area (Å²) < 4.78 is 1.58. The summed E-state index contributed by atoms with van der Waals surface area (Å²) in [6.45, 7) is 2.05. The maximum Gasteiger partial charge on any atom is 0.252 e. The Hall–Kier alpha value is -2.44. The first-order chi connectivity index (χ1) is 13.1. The van der Waals surface area contributed by atoms with E-state index in [1.54, 1.807) is 4.68 Å². The minimum absolute atomic E-state index is 0.0115. The van der Waals surface area contributed by atoms with Gasteiger partial charge in [0, 0.05) is 30.2 Å². The fourth-order valence-corrected chi connectivity index (χ4v) is 3.88. The van der Waals surface area contributed by atoms with Crippen LogP contribution >= 0.6 is 0 Å². The van der Waals surface area contributed by atoms with Gasteiger partial charge in [-0.1, -0.05) is 26.2 Å². The number of hydrogen-bond acceptors (Lipinski definition) is 4. The number of aromatic amines is 1. The molecule has 2 N–H and O–H groups in total. The van der Waals surface area contributed by atoms with Crippen LogP contribution in [0.15, 0.2) is 16.9 Å². The van der Waals surface area contributed by atoms with E-state index < -0.39 is 0 Å². The average Bonchev–Trinajstić information content (AvgIpc) is 3.19. The van der Waals surface area contributed by atoms with Gasteiger partial charge in [-0.15, -0.1) is 0 Å². The Labute approximate surface area is 158 Å². The highest BCUT2D eigenvalue weighted by atomic mass is 16.1. The quantitative estimate of drug-likeness (QED) is 0.783. The lowest BCUT2D eigenvalue weighted by molar-refractivity contribution is -0.117. The number of aryl methyl sites for hydroxylation is 1. The van der Waals surface area contributed by atoms with Crippen LogP contribution < -0.4 is 10.9 Å². The van der Waals surface area contributed by atoms with E-state index in [2.05, 4.69) is 27.3 Å². The second-order valence-electron chi connectivity index (χ2n) is 7.85. The Kier molecular flexibility index (Phi) is 5.09. The third-order valence-electron chi connectivity index (χ3n) is 5.43. The summed E-state index contributed by atoms with van der Waals surface area (Å²) >= 11 is 0. The van der Waals surface area contributed by atoms with E-state index in [0.29, 0.717) is 30.0 Å². The van der Waals surface area contributed by atoms with Crippen LogP contribution in [0.3, 0.4) is 0 Å². The number of H-pyrrole nitrogens is 1. The monoisotopic (exact) mass is 369 g/mol. The second kappa shape index (κ2) is 7.66. The molecule has 2 aromatic heterocycles. The fourth-order valence-electron chi connectivity index (χ4n) is 3.88. The van der Waals surface area contributed by atoms with Crippen molar-refractivity contribution in [1.29, 1.82) is 0 Å². The first-order valence-corrected chi connectivity index (χ1v) is 10.1. The summed E-state index contributed by atoms with van der Waals surface area (Å²) in [5.41, 5.74) is 1.49. The predicted molar refractivity (Wildman–Crippen MR) is 103 cm³/mol. The summed E-state index contributed by atoms with van der Waals surface area (Å²) in [5, 5.41) is 7.65. The van der Waals surface area contributed by atoms with E-state index in [9.17, 15) is 9.59 Å². The highest BCUT2D eigenvalue weighted by Gasteiger charge is 2.28. The largest absolute Gasteiger partial charge is 0.310 e. The molecule has 0 bridgehead atoms. The van der Waals surface area contributed by atoms with Gasteiger partial charge in [0.15, 0.2) is 0 Å². The standard InChI is InChI=1S/C20H27N5O2/c1-2-5-15-11-19(27)23-20(21-15)25-17(12-16(24-25)14-8-9-14)22-18(26)10-13-6-3-4-7-13/h11-14H,2-10H2,1H3,(H,22,26)(H,21,23,27). The molecule has 2 fully saturated rings. The molecule has 0 aromatic carbocycles. The van der Waals surface area contributed by atoms with Crippen LogP contribution in [-0.4, -0.2) is 25.7 Å². The molecule has 0 radical (unpaired) electrons. The molecule has 2 saturated carbocycles. The smallest absolute Gasteiger partial charge is 0.252 e. The highest BCUT2D eigenvalue weighted by molar-refractivity contribution is 5.90. The van der Waals surface area contributed by atoms with Gasteiger partial charge in [0.25, 0.3) is 5.56 Å². The summed E-state index contributed by atoms with van der Waals surface area (Å²) in [5.74, 6) is 1.90. The molecule has 0 saturated heterocycles. The number of amides is 1. The number of nitrogens with zero attached hydrogens (tertiary/aromatic N) is 3. The average molecular weight is 369 g/mol. The molecule has 7 nitrogen and oxygen atoms in total. The molecule has 1 amide bonds.